The Morgan fingerprint density at radius 1 is 1.32 bits per heavy atom. The Bertz CT molecular complexity index is 1510. The molecule has 2 aliphatic rings. The zero-order valence-corrected chi connectivity index (χ0v) is 19.4. The summed E-state index contributed by atoms with van der Waals surface area (Å²) < 4.78 is 41.6. The van der Waals surface area contributed by atoms with Gasteiger partial charge in [0.05, 0.1) is 22.0 Å². The van der Waals surface area contributed by atoms with Crippen LogP contribution < -0.4 is 5.73 Å². The van der Waals surface area contributed by atoms with E-state index in [9.17, 15) is 8.60 Å². The fourth-order valence-corrected chi connectivity index (χ4v) is 8.43. The van der Waals surface area contributed by atoms with E-state index in [4.69, 9.17) is 11.0 Å². The number of hydrogen-bond donors (Lipinski definition) is 1. The molecule has 1 fully saturated rings. The molecule has 0 spiro atoms. The van der Waals surface area contributed by atoms with Crippen molar-refractivity contribution in [1.29, 1.82) is 5.26 Å². The monoisotopic (exact) mass is 479 g/mol. The molecule has 4 atom stereocenters. The van der Waals surface area contributed by atoms with Crippen LogP contribution in [0.5, 0.6) is 0 Å². The van der Waals surface area contributed by atoms with E-state index in [0.29, 0.717) is 29.6 Å². The molecular weight excluding hydrogens is 456 g/mol. The molecule has 1 saturated heterocycles. The maximum Gasteiger partial charge on any atom is 0.128 e. The number of benzene rings is 1. The van der Waals surface area contributed by atoms with Crippen molar-refractivity contribution in [3.8, 4) is 6.07 Å². The number of amidine groups is 1. The van der Waals surface area contributed by atoms with Gasteiger partial charge in [-0.25, -0.2) is 8.78 Å². The second kappa shape index (κ2) is 7.57. The molecule has 1 unspecified atom stereocenters. The summed E-state index contributed by atoms with van der Waals surface area (Å²) in [6, 6.07) is 10.3. The highest BCUT2D eigenvalue weighted by Gasteiger charge is 2.61. The van der Waals surface area contributed by atoms with E-state index >= 15 is 4.39 Å². The van der Waals surface area contributed by atoms with E-state index in [1.807, 2.05) is 0 Å². The molecule has 2 bridgehead atoms. The fraction of sp³-hybridized carbons (Fsp3) is 0.320. The van der Waals surface area contributed by atoms with E-state index < -0.39 is 37.5 Å². The zero-order valence-electron chi connectivity index (χ0n) is 18.6. The molecular formula is C25H23F2N5OS. The minimum absolute atomic E-state index is 0.0516. The van der Waals surface area contributed by atoms with Crippen molar-refractivity contribution in [2.75, 3.05) is 6.67 Å². The van der Waals surface area contributed by atoms with Gasteiger partial charge in [-0.1, -0.05) is 12.1 Å². The molecule has 0 radical (unpaired) electrons. The third-order valence-corrected chi connectivity index (χ3v) is 10.8. The standard InChI is InChI=1S/C25H23F2N5OS/c1-24(21-5-7-25(14-26,23(29)32-24)34(21,2)33)18-10-15(3-4-19(18)27)11-20-22-17(6-8-30-20)9-16(12-28)13-31-22/h3-4,6,8-10,13,21H,2,5,7,11,14H2,1H3,(H2,29,32)/t21-,24+,25-,34?/m0/s1. The van der Waals surface area contributed by atoms with Crippen LogP contribution >= 0.6 is 0 Å². The van der Waals surface area contributed by atoms with Crippen molar-refractivity contribution in [2.45, 2.75) is 41.7 Å². The number of hydrogen-bond acceptors (Lipinski definition) is 6. The van der Waals surface area contributed by atoms with E-state index in [1.165, 1.54) is 12.3 Å². The lowest BCUT2D eigenvalue weighted by atomic mass is 9.85. The molecule has 174 valence electrons. The summed E-state index contributed by atoms with van der Waals surface area (Å²) >= 11 is 0. The summed E-state index contributed by atoms with van der Waals surface area (Å²) in [6.07, 6.45) is 4.17. The van der Waals surface area contributed by atoms with Crippen molar-refractivity contribution in [3.63, 3.8) is 0 Å². The Morgan fingerprint density at radius 2 is 2.12 bits per heavy atom. The van der Waals surface area contributed by atoms with Crippen molar-refractivity contribution in [1.82, 2.24) is 9.97 Å². The average Bonchev–Trinajstić information content (AvgIpc) is 3.03. The van der Waals surface area contributed by atoms with E-state index in [0.717, 1.165) is 10.9 Å². The van der Waals surface area contributed by atoms with Gasteiger partial charge in [0, 0.05) is 29.8 Å². The van der Waals surface area contributed by atoms with Gasteiger partial charge in [-0.15, -0.1) is 0 Å². The Hall–Kier alpha value is -3.38. The SMILES string of the molecule is C=S1(=O)[C@H]2CC[C@]1(CF)C(N)=N[C@]2(C)c1cc(Cc2nccc3cc(C#N)cnc23)ccc1F. The number of pyridine rings is 2. The molecule has 3 aromatic rings. The molecule has 2 aliphatic heterocycles. The number of rotatable bonds is 4. The first-order valence-electron chi connectivity index (χ1n) is 10.9. The Kier molecular flexibility index (Phi) is 4.99. The normalized spacial score (nSPS) is 30.2. The number of aromatic nitrogens is 2. The molecule has 0 amide bonds. The van der Waals surface area contributed by atoms with Crippen molar-refractivity contribution in [2.24, 2.45) is 10.7 Å². The van der Waals surface area contributed by atoms with Crippen LogP contribution in [0.3, 0.4) is 0 Å². The molecule has 0 aliphatic carbocycles. The van der Waals surface area contributed by atoms with Gasteiger partial charge < -0.3 is 5.73 Å². The highest BCUT2D eigenvalue weighted by molar-refractivity contribution is 8.03. The Labute approximate surface area is 196 Å². The fourth-order valence-electron chi connectivity index (χ4n) is 5.41. The molecule has 2 N–H and O–H groups in total. The van der Waals surface area contributed by atoms with Crippen LogP contribution in [0, 0.1) is 17.1 Å². The number of alkyl halides is 1. The maximum absolute atomic E-state index is 15.2. The van der Waals surface area contributed by atoms with Crippen molar-refractivity contribution in [3.05, 3.63) is 70.9 Å². The van der Waals surface area contributed by atoms with Gasteiger partial charge in [0.2, 0.25) is 0 Å². The van der Waals surface area contributed by atoms with Crippen molar-refractivity contribution < 1.29 is 13.0 Å². The number of aliphatic imine (C=N–C) groups is 1. The van der Waals surface area contributed by atoms with Gasteiger partial charge in [0.1, 0.15) is 34.7 Å². The summed E-state index contributed by atoms with van der Waals surface area (Å²) in [6.45, 7) is 0.805. The third kappa shape index (κ3) is 2.98. The van der Waals surface area contributed by atoms with Crippen LogP contribution in [0.15, 0.2) is 47.7 Å². The van der Waals surface area contributed by atoms with Gasteiger partial charge in [0.15, 0.2) is 0 Å². The first-order chi connectivity index (χ1) is 16.2. The summed E-state index contributed by atoms with van der Waals surface area (Å²) in [5, 5.41) is 9.29. The summed E-state index contributed by atoms with van der Waals surface area (Å²) in [4.78, 5) is 13.4. The van der Waals surface area contributed by atoms with Gasteiger partial charge in [0.25, 0.3) is 0 Å². The molecule has 5 rings (SSSR count). The molecule has 1 aromatic carbocycles. The predicted octanol–water partition coefficient (Wildman–Crippen LogP) is 3.40. The highest BCUT2D eigenvalue weighted by atomic mass is 32.2. The summed E-state index contributed by atoms with van der Waals surface area (Å²) in [5.41, 5.74) is 7.74. The summed E-state index contributed by atoms with van der Waals surface area (Å²) in [5.74, 6) is 3.35. The molecule has 4 heterocycles. The van der Waals surface area contributed by atoms with Crippen LogP contribution in [-0.4, -0.2) is 42.6 Å². The van der Waals surface area contributed by atoms with Crippen LogP contribution in [0.2, 0.25) is 0 Å². The van der Waals surface area contributed by atoms with Crippen LogP contribution in [0.1, 0.15) is 42.1 Å². The molecule has 0 saturated carbocycles. The average molecular weight is 480 g/mol. The first-order valence-corrected chi connectivity index (χ1v) is 12.7. The Morgan fingerprint density at radius 3 is 2.85 bits per heavy atom. The molecule has 6 nitrogen and oxygen atoms in total. The topological polar surface area (TPSA) is 105 Å². The number of nitrogens with zero attached hydrogens (tertiary/aromatic N) is 4. The third-order valence-electron chi connectivity index (χ3n) is 7.35. The minimum atomic E-state index is -3.02. The van der Waals surface area contributed by atoms with E-state index in [1.54, 1.807) is 37.4 Å². The quantitative estimate of drug-likeness (QED) is 0.578. The number of nitriles is 1. The lowest BCUT2D eigenvalue weighted by molar-refractivity contribution is 0.431. The number of halogens is 2. The molecule has 34 heavy (non-hydrogen) atoms. The second-order valence-corrected chi connectivity index (χ2v) is 12.0. The maximum atomic E-state index is 15.2. The predicted molar refractivity (Wildman–Crippen MR) is 129 cm³/mol. The first kappa shape index (κ1) is 22.4. The minimum Gasteiger partial charge on any atom is -0.386 e. The number of nitrogens with two attached hydrogens (primary N) is 1. The van der Waals surface area contributed by atoms with Crippen molar-refractivity contribution >= 4 is 32.1 Å². The molecule has 2 aromatic heterocycles. The van der Waals surface area contributed by atoms with Crippen LogP contribution in [0.25, 0.3) is 10.9 Å². The largest absolute Gasteiger partial charge is 0.386 e. The lowest BCUT2D eigenvalue weighted by Crippen LogP contribution is -2.58. The summed E-state index contributed by atoms with van der Waals surface area (Å²) in [7, 11) is -3.02. The smallest absolute Gasteiger partial charge is 0.128 e. The molecule has 9 heteroatoms. The number of fused-ring (bicyclic) bond motifs is 3. The van der Waals surface area contributed by atoms with E-state index in [-0.39, 0.29) is 17.8 Å². The van der Waals surface area contributed by atoms with E-state index in [2.05, 4.69) is 26.9 Å². The van der Waals surface area contributed by atoms with Gasteiger partial charge in [-0.05, 0) is 58.9 Å². The second-order valence-electron chi connectivity index (χ2n) is 9.18. The van der Waals surface area contributed by atoms with Gasteiger partial charge in [-0.2, -0.15) is 5.26 Å². The highest BCUT2D eigenvalue weighted by Crippen LogP contribution is 2.52. The van der Waals surface area contributed by atoms with Gasteiger partial charge in [-0.3, -0.25) is 19.2 Å². The lowest BCUT2D eigenvalue weighted by Gasteiger charge is -2.42. The van der Waals surface area contributed by atoms with Crippen LogP contribution in [-0.2, 0) is 21.5 Å². The van der Waals surface area contributed by atoms with Gasteiger partial charge >= 0.3 is 0 Å². The zero-order chi connectivity index (χ0) is 24.3. The van der Waals surface area contributed by atoms with Crippen LogP contribution in [0.4, 0.5) is 8.78 Å². The Balaban J connectivity index is 1.60.